The number of phosphoric acid groups is 1. The Kier molecular flexibility index (Phi) is 17.6. The summed E-state index contributed by atoms with van der Waals surface area (Å²) in [6.45, 7) is 2.21. The van der Waals surface area contributed by atoms with Gasteiger partial charge in [0, 0.05) is 12.8 Å². The Bertz CT molecular complexity index is 679. The molecule has 0 amide bonds. The minimum Gasteiger partial charge on any atom is -0.387 e. The van der Waals surface area contributed by atoms with E-state index in [2.05, 4.69) is 16.0 Å². The number of aliphatic hydroxyl groups is 7. The number of carbonyl (C=O) groups excluding carboxylic acids is 1. The van der Waals surface area contributed by atoms with Crippen LogP contribution in [-0.4, -0.2) is 95.4 Å². The van der Waals surface area contributed by atoms with E-state index >= 15 is 0 Å². The highest BCUT2D eigenvalue weighted by Gasteiger charge is 2.51. The van der Waals surface area contributed by atoms with Gasteiger partial charge >= 0.3 is 7.82 Å². The van der Waals surface area contributed by atoms with Crippen molar-refractivity contribution in [3.8, 4) is 0 Å². The summed E-state index contributed by atoms with van der Waals surface area (Å²) >= 11 is 0. The third-order valence-electron chi connectivity index (χ3n) is 6.89. The van der Waals surface area contributed by atoms with E-state index in [4.69, 9.17) is 0 Å². The average Bonchev–Trinajstić information content (AvgIpc) is 2.86. The van der Waals surface area contributed by atoms with Gasteiger partial charge in [0.25, 0.3) is 0 Å². The first kappa shape index (κ1) is 35.5. The summed E-state index contributed by atoms with van der Waals surface area (Å²) in [5.41, 5.74) is 0. The highest BCUT2D eigenvalue weighted by molar-refractivity contribution is 7.47. The summed E-state index contributed by atoms with van der Waals surface area (Å²) in [7, 11) is -5.26. The SMILES string of the molecule is CCCCCCCCCCCCCCCC(=O)CC(O)C(O)OP(=O)(O)OC1C(O)C(O)C(O)C(O)C1O. The van der Waals surface area contributed by atoms with E-state index < -0.39 is 63.3 Å². The van der Waals surface area contributed by atoms with E-state index in [1.807, 2.05) is 0 Å². The molecule has 226 valence electrons. The molecule has 0 heterocycles. The summed E-state index contributed by atoms with van der Waals surface area (Å²) in [4.78, 5) is 21.9. The van der Waals surface area contributed by atoms with Crippen molar-refractivity contribution < 1.29 is 59.0 Å². The first-order valence-corrected chi connectivity index (χ1v) is 15.4. The van der Waals surface area contributed by atoms with Crippen molar-refractivity contribution in [1.82, 2.24) is 0 Å². The quantitative estimate of drug-likeness (QED) is 0.0557. The number of hydrogen-bond donors (Lipinski definition) is 8. The van der Waals surface area contributed by atoms with Crippen molar-refractivity contribution in [3.05, 3.63) is 0 Å². The topological polar surface area (TPSA) is 214 Å². The van der Waals surface area contributed by atoms with E-state index in [9.17, 15) is 50.0 Å². The fraction of sp³-hybridized carbons (Fsp3) is 0.960. The Morgan fingerprint density at radius 2 is 1.11 bits per heavy atom. The highest BCUT2D eigenvalue weighted by atomic mass is 31.2. The van der Waals surface area contributed by atoms with Crippen LogP contribution in [0, 0.1) is 0 Å². The number of unbranched alkanes of at least 4 members (excludes halogenated alkanes) is 12. The van der Waals surface area contributed by atoms with Crippen LogP contribution in [-0.2, 0) is 18.4 Å². The summed E-state index contributed by atoms with van der Waals surface area (Å²) in [5, 5.41) is 68.5. The monoisotopic (exact) mass is 572 g/mol. The summed E-state index contributed by atoms with van der Waals surface area (Å²) in [6.07, 6.45) is -1.59. The van der Waals surface area contributed by atoms with E-state index in [1.165, 1.54) is 57.8 Å². The molecular weight excluding hydrogens is 523 g/mol. The molecule has 7 unspecified atom stereocenters. The van der Waals surface area contributed by atoms with Gasteiger partial charge in [-0.3, -0.25) is 13.8 Å². The van der Waals surface area contributed by atoms with Gasteiger partial charge in [-0.25, -0.2) is 4.57 Å². The molecule has 12 nitrogen and oxygen atoms in total. The van der Waals surface area contributed by atoms with Crippen molar-refractivity contribution in [1.29, 1.82) is 0 Å². The summed E-state index contributed by atoms with van der Waals surface area (Å²) < 4.78 is 21.2. The van der Waals surface area contributed by atoms with Gasteiger partial charge < -0.3 is 40.6 Å². The first-order valence-electron chi connectivity index (χ1n) is 13.9. The molecule has 13 heteroatoms. The third-order valence-corrected chi connectivity index (χ3v) is 7.89. The standard InChI is InChI=1S/C25H49O12P/c1-2-3-4-5-6-7-8-9-10-11-12-13-14-15-17(26)16-18(27)25(33)37-38(34,35)36-24-22(31)20(29)19(28)21(30)23(24)32/h18-25,27-33H,2-16H2,1H3,(H,34,35). The van der Waals surface area contributed by atoms with Crippen LogP contribution in [0.1, 0.15) is 103 Å². The second-order valence-electron chi connectivity index (χ2n) is 10.3. The van der Waals surface area contributed by atoms with Gasteiger partial charge in [-0.2, -0.15) is 0 Å². The molecule has 8 N–H and O–H groups in total. The van der Waals surface area contributed by atoms with Crippen molar-refractivity contribution >= 4 is 13.6 Å². The van der Waals surface area contributed by atoms with Crippen LogP contribution in [0.25, 0.3) is 0 Å². The van der Waals surface area contributed by atoms with Gasteiger partial charge in [-0.1, -0.05) is 84.0 Å². The Labute approximate surface area is 225 Å². The van der Waals surface area contributed by atoms with E-state index in [0.29, 0.717) is 6.42 Å². The van der Waals surface area contributed by atoms with Gasteiger partial charge in [0.2, 0.25) is 0 Å². The maximum absolute atomic E-state index is 12.2. The van der Waals surface area contributed by atoms with E-state index in [1.54, 1.807) is 0 Å². The van der Waals surface area contributed by atoms with Crippen LogP contribution < -0.4 is 0 Å². The molecule has 0 spiro atoms. The zero-order valence-electron chi connectivity index (χ0n) is 22.4. The van der Waals surface area contributed by atoms with Crippen LogP contribution in [0.5, 0.6) is 0 Å². The maximum atomic E-state index is 12.2. The molecule has 1 aliphatic rings. The van der Waals surface area contributed by atoms with Gasteiger partial charge in [-0.15, -0.1) is 0 Å². The second kappa shape index (κ2) is 18.8. The average molecular weight is 573 g/mol. The van der Waals surface area contributed by atoms with Crippen molar-refractivity contribution in [3.63, 3.8) is 0 Å². The highest BCUT2D eigenvalue weighted by Crippen LogP contribution is 2.48. The molecular formula is C25H49O12P. The Morgan fingerprint density at radius 1 is 0.711 bits per heavy atom. The zero-order chi connectivity index (χ0) is 28.7. The molecule has 1 fully saturated rings. The lowest BCUT2D eigenvalue weighted by Crippen LogP contribution is -2.64. The van der Waals surface area contributed by atoms with Crippen LogP contribution in [0.15, 0.2) is 0 Å². The van der Waals surface area contributed by atoms with Crippen LogP contribution in [0.3, 0.4) is 0 Å². The number of phosphoric ester groups is 1. The number of rotatable bonds is 21. The lowest BCUT2D eigenvalue weighted by Gasteiger charge is -2.41. The van der Waals surface area contributed by atoms with Gasteiger partial charge in [0.15, 0.2) is 6.29 Å². The lowest BCUT2D eigenvalue weighted by molar-refractivity contribution is -0.222. The minimum atomic E-state index is -5.26. The Balaban J connectivity index is 2.23. The molecule has 0 aromatic heterocycles. The first-order chi connectivity index (χ1) is 17.9. The summed E-state index contributed by atoms with van der Waals surface area (Å²) in [5.74, 6) is -0.365. The molecule has 1 saturated carbocycles. The number of carbonyl (C=O) groups is 1. The number of aliphatic hydroxyl groups excluding tert-OH is 7. The molecule has 0 aromatic rings. The smallest absolute Gasteiger partial charge is 0.387 e. The molecule has 0 bridgehead atoms. The largest absolute Gasteiger partial charge is 0.475 e. The van der Waals surface area contributed by atoms with Crippen LogP contribution in [0.4, 0.5) is 0 Å². The van der Waals surface area contributed by atoms with Crippen molar-refractivity contribution in [2.45, 2.75) is 152 Å². The van der Waals surface area contributed by atoms with E-state index in [0.717, 1.165) is 19.3 Å². The predicted molar refractivity (Wildman–Crippen MR) is 138 cm³/mol. The van der Waals surface area contributed by atoms with Crippen molar-refractivity contribution in [2.24, 2.45) is 0 Å². The Hall–Kier alpha value is -0.500. The molecule has 0 radical (unpaired) electrons. The third kappa shape index (κ3) is 13.2. The molecule has 1 rings (SSSR count). The predicted octanol–water partition coefficient (Wildman–Crippen LogP) is 1.43. The Morgan fingerprint density at radius 3 is 1.55 bits per heavy atom. The minimum absolute atomic E-state index is 0.174. The van der Waals surface area contributed by atoms with Crippen LogP contribution in [0.2, 0.25) is 0 Å². The molecule has 38 heavy (non-hydrogen) atoms. The lowest BCUT2D eigenvalue weighted by atomic mass is 9.85. The fourth-order valence-corrected chi connectivity index (χ4v) is 5.50. The molecule has 0 aromatic carbocycles. The van der Waals surface area contributed by atoms with Gasteiger partial charge in [-0.05, 0) is 6.42 Å². The van der Waals surface area contributed by atoms with Crippen LogP contribution >= 0.6 is 7.82 Å². The number of hydrogen-bond acceptors (Lipinski definition) is 11. The van der Waals surface area contributed by atoms with Gasteiger partial charge in [0.1, 0.15) is 48.5 Å². The van der Waals surface area contributed by atoms with Gasteiger partial charge in [0.05, 0.1) is 0 Å². The zero-order valence-corrected chi connectivity index (χ0v) is 23.3. The van der Waals surface area contributed by atoms with Crippen molar-refractivity contribution in [2.75, 3.05) is 0 Å². The molecule has 0 saturated heterocycles. The summed E-state index contributed by atoms with van der Waals surface area (Å²) in [6, 6.07) is 0. The van der Waals surface area contributed by atoms with E-state index in [-0.39, 0.29) is 12.2 Å². The maximum Gasteiger partial charge on any atom is 0.475 e. The normalized spacial score (nSPS) is 29.1. The second-order valence-corrected chi connectivity index (χ2v) is 11.6. The molecule has 7 atom stereocenters. The molecule has 1 aliphatic carbocycles. The molecule has 0 aliphatic heterocycles. The number of Topliss-reactive ketones (excluding diaryl/α,β-unsaturated/α-hetero) is 1. The number of ketones is 1. The fourth-order valence-electron chi connectivity index (χ4n) is 4.48.